The molecular weight excluding hydrogens is 334 g/mol. The van der Waals surface area contributed by atoms with E-state index in [1.54, 1.807) is 12.0 Å². The van der Waals surface area contributed by atoms with E-state index in [-0.39, 0.29) is 17.9 Å². The minimum absolute atomic E-state index is 0.0944. The van der Waals surface area contributed by atoms with Gasteiger partial charge in [-0.05, 0) is 19.4 Å². The summed E-state index contributed by atoms with van der Waals surface area (Å²) in [5, 5.41) is 3.00. The van der Waals surface area contributed by atoms with Gasteiger partial charge in [-0.3, -0.25) is 4.79 Å². The van der Waals surface area contributed by atoms with E-state index >= 15 is 0 Å². The van der Waals surface area contributed by atoms with E-state index in [4.69, 9.17) is 9.47 Å². The first-order chi connectivity index (χ1) is 12.6. The molecule has 2 heterocycles. The number of nitrogens with one attached hydrogen (secondary N) is 1. The second kappa shape index (κ2) is 8.29. The summed E-state index contributed by atoms with van der Waals surface area (Å²) in [5.74, 6) is 1.77. The highest BCUT2D eigenvalue weighted by Crippen LogP contribution is 2.33. The summed E-state index contributed by atoms with van der Waals surface area (Å²) in [6.45, 7) is 5.61. The highest BCUT2D eigenvalue weighted by atomic mass is 16.5. The first-order valence-electron chi connectivity index (χ1n) is 9.21. The molecular formula is C19H27N3O4. The standard InChI is InChI=1S/C19H27N3O4/c1-3-21-12-14(10-17(21)23)11-20-19(24)22-8-5-9-26-18-15(13-22)6-4-7-16(18)25-2/h4,6-7,14H,3,5,8-13H2,1-2H3,(H,20,24)/t14-/m1/s1. The maximum Gasteiger partial charge on any atom is 0.317 e. The van der Waals surface area contributed by atoms with Crippen molar-refractivity contribution >= 4 is 11.9 Å². The molecule has 0 saturated carbocycles. The maximum absolute atomic E-state index is 12.7. The third-order valence-corrected chi connectivity index (χ3v) is 4.97. The van der Waals surface area contributed by atoms with E-state index in [9.17, 15) is 9.59 Å². The number of amides is 3. The van der Waals surface area contributed by atoms with Crippen molar-refractivity contribution in [2.24, 2.45) is 5.92 Å². The van der Waals surface area contributed by atoms with Gasteiger partial charge in [0, 0.05) is 44.1 Å². The van der Waals surface area contributed by atoms with Crippen molar-refractivity contribution in [2.75, 3.05) is 39.9 Å². The average Bonchev–Trinajstić information content (AvgIpc) is 2.99. The van der Waals surface area contributed by atoms with Gasteiger partial charge in [0.1, 0.15) is 0 Å². The van der Waals surface area contributed by atoms with E-state index in [0.717, 1.165) is 25.1 Å². The number of hydrogen-bond acceptors (Lipinski definition) is 4. The minimum atomic E-state index is -0.0944. The predicted molar refractivity (Wildman–Crippen MR) is 97.3 cm³/mol. The van der Waals surface area contributed by atoms with Gasteiger partial charge in [-0.15, -0.1) is 0 Å². The van der Waals surface area contributed by atoms with Crippen molar-refractivity contribution < 1.29 is 19.1 Å². The first kappa shape index (κ1) is 18.4. The molecule has 1 fully saturated rings. The zero-order chi connectivity index (χ0) is 18.5. The fourth-order valence-electron chi connectivity index (χ4n) is 3.54. The van der Waals surface area contributed by atoms with Crippen molar-refractivity contribution in [1.29, 1.82) is 0 Å². The van der Waals surface area contributed by atoms with Gasteiger partial charge in [0.25, 0.3) is 0 Å². The summed E-state index contributed by atoms with van der Waals surface area (Å²) in [7, 11) is 1.62. The fourth-order valence-corrected chi connectivity index (χ4v) is 3.54. The highest BCUT2D eigenvalue weighted by Gasteiger charge is 2.29. The molecule has 7 nitrogen and oxygen atoms in total. The van der Waals surface area contributed by atoms with Crippen LogP contribution in [0, 0.1) is 5.92 Å². The Bertz CT molecular complexity index is 664. The van der Waals surface area contributed by atoms with Gasteiger partial charge in [0.15, 0.2) is 11.5 Å². The largest absolute Gasteiger partial charge is 0.493 e. The van der Waals surface area contributed by atoms with Gasteiger partial charge in [0.05, 0.1) is 20.3 Å². The van der Waals surface area contributed by atoms with Gasteiger partial charge < -0.3 is 24.6 Å². The third kappa shape index (κ3) is 4.03. The lowest BCUT2D eigenvalue weighted by Gasteiger charge is -2.28. The van der Waals surface area contributed by atoms with E-state index < -0.39 is 0 Å². The topological polar surface area (TPSA) is 71.1 Å². The van der Waals surface area contributed by atoms with Crippen LogP contribution in [0.3, 0.4) is 0 Å². The molecule has 1 aromatic carbocycles. The monoisotopic (exact) mass is 361 g/mol. The molecule has 0 aliphatic carbocycles. The van der Waals surface area contributed by atoms with Gasteiger partial charge in [-0.2, -0.15) is 0 Å². The van der Waals surface area contributed by atoms with E-state index in [2.05, 4.69) is 5.32 Å². The number of benzene rings is 1. The lowest BCUT2D eigenvalue weighted by atomic mass is 10.1. The molecule has 0 spiro atoms. The number of fused-ring (bicyclic) bond motifs is 1. The molecule has 1 saturated heterocycles. The Kier molecular flexibility index (Phi) is 5.85. The zero-order valence-electron chi connectivity index (χ0n) is 15.5. The molecule has 3 rings (SSSR count). The van der Waals surface area contributed by atoms with Gasteiger partial charge in [-0.25, -0.2) is 4.79 Å². The molecule has 7 heteroatoms. The van der Waals surface area contributed by atoms with Crippen molar-refractivity contribution in [3.8, 4) is 11.5 Å². The Morgan fingerprint density at radius 2 is 2.27 bits per heavy atom. The van der Waals surface area contributed by atoms with Crippen molar-refractivity contribution in [2.45, 2.75) is 26.3 Å². The Hall–Kier alpha value is -2.44. The normalized spacial score (nSPS) is 20.1. The molecule has 26 heavy (non-hydrogen) atoms. The van der Waals surface area contributed by atoms with Crippen molar-refractivity contribution in [1.82, 2.24) is 15.1 Å². The van der Waals surface area contributed by atoms with E-state index in [1.165, 1.54) is 0 Å². The highest BCUT2D eigenvalue weighted by molar-refractivity contribution is 5.79. The Labute approximate surface area is 154 Å². The number of urea groups is 1. The van der Waals surface area contributed by atoms with E-state index in [1.807, 2.05) is 30.0 Å². The van der Waals surface area contributed by atoms with Crippen LogP contribution in [-0.4, -0.2) is 61.6 Å². The SMILES string of the molecule is CCN1C[C@@H](CNC(=O)N2CCCOc3c(cccc3OC)C2)CC1=O. The van der Waals surface area contributed by atoms with Gasteiger partial charge in [-0.1, -0.05) is 12.1 Å². The second-order valence-electron chi connectivity index (χ2n) is 6.76. The van der Waals surface area contributed by atoms with Gasteiger partial charge in [0.2, 0.25) is 5.91 Å². The summed E-state index contributed by atoms with van der Waals surface area (Å²) in [6.07, 6.45) is 1.28. The zero-order valence-corrected chi connectivity index (χ0v) is 15.5. The lowest BCUT2D eigenvalue weighted by molar-refractivity contribution is -0.127. The Balaban J connectivity index is 1.61. The summed E-state index contributed by atoms with van der Waals surface area (Å²) in [4.78, 5) is 28.1. The third-order valence-electron chi connectivity index (χ3n) is 4.97. The number of rotatable bonds is 4. The molecule has 2 aliphatic rings. The molecule has 0 bridgehead atoms. The van der Waals surface area contributed by atoms with Crippen LogP contribution in [-0.2, 0) is 11.3 Å². The van der Waals surface area contributed by atoms with Crippen LogP contribution < -0.4 is 14.8 Å². The van der Waals surface area contributed by atoms with Crippen LogP contribution in [0.4, 0.5) is 4.79 Å². The second-order valence-corrected chi connectivity index (χ2v) is 6.76. The van der Waals surface area contributed by atoms with Crippen LogP contribution in [0.25, 0.3) is 0 Å². The molecule has 0 radical (unpaired) electrons. The molecule has 2 aliphatic heterocycles. The molecule has 0 aromatic heterocycles. The number of likely N-dealkylation sites (tertiary alicyclic amines) is 1. The average molecular weight is 361 g/mol. The molecule has 0 unspecified atom stereocenters. The smallest absolute Gasteiger partial charge is 0.317 e. The minimum Gasteiger partial charge on any atom is -0.493 e. The van der Waals surface area contributed by atoms with Crippen molar-refractivity contribution in [3.05, 3.63) is 23.8 Å². The molecule has 1 atom stereocenters. The van der Waals surface area contributed by atoms with E-state index in [0.29, 0.717) is 44.2 Å². The maximum atomic E-state index is 12.7. The summed E-state index contributed by atoms with van der Waals surface area (Å²) in [6, 6.07) is 5.63. The van der Waals surface area contributed by atoms with Crippen LogP contribution in [0.15, 0.2) is 18.2 Å². The molecule has 1 aromatic rings. The first-order valence-corrected chi connectivity index (χ1v) is 9.21. The number of methoxy groups -OCH3 is 1. The summed E-state index contributed by atoms with van der Waals surface area (Å²) < 4.78 is 11.2. The molecule has 3 amide bonds. The predicted octanol–water partition coefficient (Wildman–Crippen LogP) is 1.86. The molecule has 142 valence electrons. The lowest BCUT2D eigenvalue weighted by Crippen LogP contribution is -2.43. The fraction of sp³-hybridized carbons (Fsp3) is 0.579. The van der Waals surface area contributed by atoms with Crippen LogP contribution >= 0.6 is 0 Å². The number of hydrogen-bond donors (Lipinski definition) is 1. The summed E-state index contributed by atoms with van der Waals surface area (Å²) in [5.41, 5.74) is 0.937. The van der Waals surface area contributed by atoms with Crippen LogP contribution in [0.1, 0.15) is 25.3 Å². The number of ether oxygens (including phenoxy) is 2. The Morgan fingerprint density at radius 1 is 1.42 bits per heavy atom. The number of carbonyl (C=O) groups is 2. The van der Waals surface area contributed by atoms with Crippen molar-refractivity contribution in [3.63, 3.8) is 0 Å². The Morgan fingerprint density at radius 3 is 3.00 bits per heavy atom. The van der Waals surface area contributed by atoms with Crippen LogP contribution in [0.2, 0.25) is 0 Å². The number of carbonyl (C=O) groups excluding carboxylic acids is 2. The summed E-state index contributed by atoms with van der Waals surface area (Å²) >= 11 is 0. The number of nitrogens with zero attached hydrogens (tertiary/aromatic N) is 2. The molecule has 1 N–H and O–H groups in total. The van der Waals surface area contributed by atoms with Crippen LogP contribution in [0.5, 0.6) is 11.5 Å². The van der Waals surface area contributed by atoms with Gasteiger partial charge >= 0.3 is 6.03 Å². The quantitative estimate of drug-likeness (QED) is 0.889. The number of para-hydroxylation sites is 1.